The molecule has 0 fully saturated rings. The summed E-state index contributed by atoms with van der Waals surface area (Å²) in [6.45, 7) is 0.478. The van der Waals surface area contributed by atoms with Crippen LogP contribution in [0.3, 0.4) is 0 Å². The zero-order chi connectivity index (χ0) is 18.9. The van der Waals surface area contributed by atoms with Gasteiger partial charge in [0.2, 0.25) is 0 Å². The fourth-order valence-electron chi connectivity index (χ4n) is 2.69. The Morgan fingerprint density at radius 3 is 2.31 bits per heavy atom. The van der Waals surface area contributed by atoms with Crippen molar-refractivity contribution in [1.29, 1.82) is 0 Å². The lowest BCUT2D eigenvalue weighted by Crippen LogP contribution is -2.35. The van der Waals surface area contributed by atoms with Crippen molar-refractivity contribution < 1.29 is 23.7 Å². The van der Waals surface area contributed by atoms with Gasteiger partial charge in [-0.2, -0.15) is 0 Å². The van der Waals surface area contributed by atoms with Crippen molar-refractivity contribution in [3.05, 3.63) is 48.0 Å². The van der Waals surface area contributed by atoms with Gasteiger partial charge >= 0.3 is 0 Å². The van der Waals surface area contributed by atoms with Crippen molar-refractivity contribution in [1.82, 2.24) is 0 Å². The molecule has 0 saturated carbocycles. The maximum atomic E-state index is 12.5. The van der Waals surface area contributed by atoms with Crippen LogP contribution in [0.1, 0.15) is 5.56 Å². The molecule has 2 rings (SSSR count). The van der Waals surface area contributed by atoms with Gasteiger partial charge < -0.3 is 23.8 Å². The monoisotopic (exact) mass is 359 g/mol. The first kappa shape index (κ1) is 19.6. The zero-order valence-corrected chi connectivity index (χ0v) is 15.7. The third-order valence-electron chi connectivity index (χ3n) is 4.03. The van der Waals surface area contributed by atoms with Crippen molar-refractivity contribution in [2.75, 3.05) is 46.5 Å². The van der Waals surface area contributed by atoms with Gasteiger partial charge in [-0.05, 0) is 42.3 Å². The summed E-state index contributed by atoms with van der Waals surface area (Å²) < 4.78 is 21.0. The zero-order valence-electron chi connectivity index (χ0n) is 15.7. The molecule has 0 aromatic heterocycles. The number of benzene rings is 2. The molecule has 0 heterocycles. The Balaban J connectivity index is 2.26. The summed E-state index contributed by atoms with van der Waals surface area (Å²) in [5.74, 6) is 2.08. The van der Waals surface area contributed by atoms with Crippen LogP contribution in [0.25, 0.3) is 0 Å². The average Bonchev–Trinajstić information content (AvgIpc) is 2.68. The molecule has 2 aromatic carbocycles. The fraction of sp³-hybridized carbons (Fsp3) is 0.350. The second-order valence-corrected chi connectivity index (χ2v) is 5.61. The highest BCUT2D eigenvalue weighted by atomic mass is 16.5. The van der Waals surface area contributed by atoms with Crippen LogP contribution < -0.4 is 19.1 Å². The van der Waals surface area contributed by atoms with Crippen molar-refractivity contribution in [2.24, 2.45) is 0 Å². The van der Waals surface area contributed by atoms with Crippen LogP contribution in [0.15, 0.2) is 42.5 Å². The normalized spacial score (nSPS) is 10.3. The van der Waals surface area contributed by atoms with Gasteiger partial charge in [-0.25, -0.2) is 0 Å². The molecule has 0 bridgehead atoms. The number of carbonyl (C=O) groups is 1. The van der Waals surface area contributed by atoms with E-state index in [1.54, 1.807) is 26.2 Å². The topological polar surface area (TPSA) is 57.2 Å². The Morgan fingerprint density at radius 2 is 1.65 bits per heavy atom. The van der Waals surface area contributed by atoms with Crippen LogP contribution in [0.4, 0.5) is 5.69 Å². The van der Waals surface area contributed by atoms with Crippen molar-refractivity contribution >= 4 is 11.6 Å². The first-order valence-corrected chi connectivity index (χ1v) is 8.27. The van der Waals surface area contributed by atoms with Crippen molar-refractivity contribution in [2.45, 2.75) is 6.42 Å². The second-order valence-electron chi connectivity index (χ2n) is 5.61. The first-order chi connectivity index (χ1) is 12.6. The van der Waals surface area contributed by atoms with Gasteiger partial charge in [0, 0.05) is 25.4 Å². The number of rotatable bonds is 9. The molecular weight excluding hydrogens is 334 g/mol. The highest BCUT2D eigenvalue weighted by Gasteiger charge is 2.17. The van der Waals surface area contributed by atoms with E-state index in [4.69, 9.17) is 18.9 Å². The maximum absolute atomic E-state index is 12.5. The summed E-state index contributed by atoms with van der Waals surface area (Å²) in [7, 11) is 6.35. The molecule has 0 unspecified atom stereocenters. The second kappa shape index (κ2) is 9.68. The largest absolute Gasteiger partial charge is 0.497 e. The number of methoxy groups -OCH3 is 4. The van der Waals surface area contributed by atoms with E-state index in [1.165, 1.54) is 7.11 Å². The lowest BCUT2D eigenvalue weighted by Gasteiger charge is -2.23. The van der Waals surface area contributed by atoms with Gasteiger partial charge in [0.25, 0.3) is 5.91 Å². The smallest absolute Gasteiger partial charge is 0.252 e. The molecule has 26 heavy (non-hydrogen) atoms. The minimum absolute atomic E-state index is 0.00640. The minimum atomic E-state index is -0.123. The standard InChI is InChI=1S/C20H25NO5/c1-23-14-20(22)21(16-6-5-7-17(13-16)24-2)11-10-15-12-18(25-3)8-9-19(15)26-4/h5-9,12-13H,10-11,14H2,1-4H3. The summed E-state index contributed by atoms with van der Waals surface area (Å²) in [5.41, 5.74) is 1.72. The molecule has 0 radical (unpaired) electrons. The van der Waals surface area contributed by atoms with Gasteiger partial charge in [0.1, 0.15) is 23.9 Å². The molecule has 140 valence electrons. The minimum Gasteiger partial charge on any atom is -0.497 e. The Bertz CT molecular complexity index is 732. The van der Waals surface area contributed by atoms with Crippen molar-refractivity contribution in [3.8, 4) is 17.2 Å². The van der Waals surface area contributed by atoms with E-state index in [0.29, 0.717) is 18.7 Å². The predicted molar refractivity (Wildman–Crippen MR) is 100 cm³/mol. The lowest BCUT2D eigenvalue weighted by molar-refractivity contribution is -0.122. The van der Waals surface area contributed by atoms with Gasteiger partial charge in [-0.3, -0.25) is 4.79 Å². The molecule has 0 saturated heterocycles. The molecule has 0 aliphatic heterocycles. The van der Waals surface area contributed by atoms with E-state index >= 15 is 0 Å². The number of hydrogen-bond acceptors (Lipinski definition) is 5. The average molecular weight is 359 g/mol. The fourth-order valence-corrected chi connectivity index (χ4v) is 2.69. The number of amides is 1. The highest BCUT2D eigenvalue weighted by Crippen LogP contribution is 2.26. The molecule has 2 aromatic rings. The van der Waals surface area contributed by atoms with Gasteiger partial charge in [-0.15, -0.1) is 0 Å². The van der Waals surface area contributed by atoms with E-state index in [0.717, 1.165) is 22.7 Å². The molecule has 1 amide bonds. The molecule has 0 atom stereocenters. The van der Waals surface area contributed by atoms with Crippen LogP contribution in [0, 0.1) is 0 Å². The Labute approximate surface area is 154 Å². The van der Waals surface area contributed by atoms with E-state index in [1.807, 2.05) is 42.5 Å². The van der Waals surface area contributed by atoms with E-state index in [-0.39, 0.29) is 12.5 Å². The number of anilines is 1. The number of nitrogens with zero attached hydrogens (tertiary/aromatic N) is 1. The maximum Gasteiger partial charge on any atom is 0.252 e. The lowest BCUT2D eigenvalue weighted by atomic mass is 10.1. The first-order valence-electron chi connectivity index (χ1n) is 8.27. The Hall–Kier alpha value is -2.73. The van der Waals surface area contributed by atoms with Crippen LogP contribution in [-0.4, -0.2) is 47.5 Å². The quantitative estimate of drug-likeness (QED) is 0.689. The SMILES string of the molecule is COCC(=O)N(CCc1cc(OC)ccc1OC)c1cccc(OC)c1. The third kappa shape index (κ3) is 4.89. The van der Waals surface area contributed by atoms with Crippen molar-refractivity contribution in [3.63, 3.8) is 0 Å². The summed E-state index contributed by atoms with van der Waals surface area (Å²) in [6.07, 6.45) is 0.604. The summed E-state index contributed by atoms with van der Waals surface area (Å²) in [4.78, 5) is 14.2. The van der Waals surface area contributed by atoms with E-state index in [9.17, 15) is 4.79 Å². The molecule has 0 N–H and O–H groups in total. The summed E-state index contributed by atoms with van der Waals surface area (Å²) >= 11 is 0. The molecule has 6 nitrogen and oxygen atoms in total. The molecule has 6 heteroatoms. The van der Waals surface area contributed by atoms with Crippen LogP contribution in [0.5, 0.6) is 17.2 Å². The molecule has 0 aliphatic carbocycles. The number of ether oxygens (including phenoxy) is 4. The summed E-state index contributed by atoms with van der Waals surface area (Å²) in [6, 6.07) is 13.0. The van der Waals surface area contributed by atoms with Crippen LogP contribution in [-0.2, 0) is 16.0 Å². The van der Waals surface area contributed by atoms with Gasteiger partial charge in [-0.1, -0.05) is 6.07 Å². The predicted octanol–water partition coefficient (Wildman–Crippen LogP) is 2.93. The Kier molecular flexibility index (Phi) is 7.29. The molecule has 0 spiro atoms. The van der Waals surface area contributed by atoms with Gasteiger partial charge in [0.15, 0.2) is 0 Å². The number of hydrogen-bond donors (Lipinski definition) is 0. The Morgan fingerprint density at radius 1 is 0.923 bits per heavy atom. The van der Waals surface area contributed by atoms with E-state index in [2.05, 4.69) is 0 Å². The van der Waals surface area contributed by atoms with Crippen LogP contribution >= 0.6 is 0 Å². The van der Waals surface area contributed by atoms with E-state index < -0.39 is 0 Å². The highest BCUT2D eigenvalue weighted by molar-refractivity contribution is 5.94. The molecule has 0 aliphatic rings. The summed E-state index contributed by atoms with van der Waals surface area (Å²) in [5, 5.41) is 0. The third-order valence-corrected chi connectivity index (χ3v) is 4.03. The van der Waals surface area contributed by atoms with Gasteiger partial charge in [0.05, 0.1) is 21.3 Å². The van der Waals surface area contributed by atoms with Crippen LogP contribution in [0.2, 0.25) is 0 Å². The number of carbonyl (C=O) groups excluding carboxylic acids is 1. The molecular formula is C20H25NO5.